The van der Waals surface area contributed by atoms with Crippen LogP contribution in [-0.4, -0.2) is 11.2 Å². The van der Waals surface area contributed by atoms with Crippen LogP contribution in [0.15, 0.2) is 42.5 Å². The number of nitrogens with one attached hydrogen (secondary N) is 1. The second-order valence-corrected chi connectivity index (χ2v) is 5.98. The van der Waals surface area contributed by atoms with Crippen LogP contribution < -0.4 is 5.32 Å². The molecule has 1 amide bonds. The molecule has 0 saturated carbocycles. The molecule has 0 radical (unpaired) electrons. The Kier molecular flexibility index (Phi) is 5.49. The number of carbonyl (C=O) groups excluding carboxylic acids is 1. The first kappa shape index (κ1) is 16.4. The number of hydrogen-bond acceptors (Lipinski definition) is 2. The molecule has 0 spiro atoms. The van der Waals surface area contributed by atoms with Crippen LogP contribution in [0, 0.1) is 17.5 Å². The summed E-state index contributed by atoms with van der Waals surface area (Å²) in [4.78, 5) is 12.0. The van der Waals surface area contributed by atoms with Crippen molar-refractivity contribution in [2.75, 3.05) is 5.32 Å². The van der Waals surface area contributed by atoms with Crippen molar-refractivity contribution in [2.24, 2.45) is 0 Å². The third-order valence-corrected chi connectivity index (χ3v) is 4.22. The van der Waals surface area contributed by atoms with Gasteiger partial charge < -0.3 is 5.32 Å². The highest BCUT2D eigenvalue weighted by molar-refractivity contribution is 7.99. The highest BCUT2D eigenvalue weighted by Crippen LogP contribution is 2.22. The van der Waals surface area contributed by atoms with Crippen molar-refractivity contribution < 1.29 is 18.0 Å². The molecule has 6 heteroatoms. The summed E-state index contributed by atoms with van der Waals surface area (Å²) in [5.41, 5.74) is 0.696. The fourth-order valence-electron chi connectivity index (χ4n) is 1.73. The van der Waals surface area contributed by atoms with Crippen molar-refractivity contribution in [3.8, 4) is 0 Å². The number of hydrogen-bond donors (Lipinski definition) is 1. The van der Waals surface area contributed by atoms with E-state index in [1.165, 1.54) is 11.8 Å². The number of amides is 1. The fraction of sp³-hybridized carbons (Fsp3) is 0.188. The summed E-state index contributed by atoms with van der Waals surface area (Å²) in [7, 11) is 0. The highest BCUT2D eigenvalue weighted by atomic mass is 32.2. The molecule has 2 aromatic carbocycles. The summed E-state index contributed by atoms with van der Waals surface area (Å²) < 4.78 is 39.4. The van der Waals surface area contributed by atoms with Crippen LogP contribution in [0.25, 0.3) is 0 Å². The van der Waals surface area contributed by atoms with Crippen LogP contribution in [0.1, 0.15) is 12.5 Å². The maximum absolute atomic E-state index is 13.5. The normalized spacial score (nSPS) is 12.0. The summed E-state index contributed by atoms with van der Waals surface area (Å²) in [5, 5.41) is 1.81. The van der Waals surface area contributed by atoms with E-state index >= 15 is 0 Å². The minimum Gasteiger partial charge on any atom is -0.323 e. The largest absolute Gasteiger partial charge is 0.323 e. The van der Waals surface area contributed by atoms with E-state index in [0.29, 0.717) is 5.75 Å². The Bertz CT molecular complexity index is 664. The second-order valence-electron chi connectivity index (χ2n) is 4.65. The molecule has 0 fully saturated rings. The molecule has 0 bridgehead atoms. The van der Waals surface area contributed by atoms with Crippen LogP contribution in [0.2, 0.25) is 0 Å². The molecule has 1 atom stereocenters. The molecule has 0 unspecified atom stereocenters. The predicted octanol–water partition coefficient (Wildman–Crippen LogP) is 4.36. The molecule has 116 valence electrons. The Morgan fingerprint density at radius 1 is 1.09 bits per heavy atom. The lowest BCUT2D eigenvalue weighted by atomic mass is 10.2. The number of thioether (sulfide) groups is 1. The molecular formula is C16H14F3NOS. The first-order chi connectivity index (χ1) is 10.5. The maximum Gasteiger partial charge on any atom is 0.237 e. The summed E-state index contributed by atoms with van der Waals surface area (Å²) in [6.45, 7) is 1.67. The Labute approximate surface area is 130 Å². The molecule has 0 aliphatic rings. The zero-order valence-electron chi connectivity index (χ0n) is 11.8. The number of benzene rings is 2. The van der Waals surface area contributed by atoms with Gasteiger partial charge in [0.25, 0.3) is 0 Å². The van der Waals surface area contributed by atoms with Crippen molar-refractivity contribution in [3.63, 3.8) is 0 Å². The van der Waals surface area contributed by atoms with E-state index in [2.05, 4.69) is 5.32 Å². The van der Waals surface area contributed by atoms with E-state index in [1.807, 2.05) is 30.3 Å². The molecule has 0 aromatic heterocycles. The van der Waals surface area contributed by atoms with Crippen LogP contribution in [0.4, 0.5) is 18.9 Å². The molecule has 0 heterocycles. The van der Waals surface area contributed by atoms with Gasteiger partial charge in [0.15, 0.2) is 17.5 Å². The van der Waals surface area contributed by atoms with Gasteiger partial charge in [0, 0.05) is 5.75 Å². The average molecular weight is 325 g/mol. The summed E-state index contributed by atoms with van der Waals surface area (Å²) in [5.74, 6) is -4.13. The molecule has 0 aliphatic heterocycles. The average Bonchev–Trinajstić information content (AvgIpc) is 2.54. The van der Waals surface area contributed by atoms with E-state index in [9.17, 15) is 18.0 Å². The van der Waals surface area contributed by atoms with Gasteiger partial charge in [-0.25, -0.2) is 13.2 Å². The van der Waals surface area contributed by atoms with E-state index in [0.717, 1.165) is 17.7 Å². The van der Waals surface area contributed by atoms with E-state index in [4.69, 9.17) is 0 Å². The summed E-state index contributed by atoms with van der Waals surface area (Å²) >= 11 is 1.37. The minimum atomic E-state index is -1.60. The second kappa shape index (κ2) is 7.35. The minimum absolute atomic E-state index is 0.365. The third kappa shape index (κ3) is 4.04. The predicted molar refractivity (Wildman–Crippen MR) is 82.1 cm³/mol. The van der Waals surface area contributed by atoms with Crippen molar-refractivity contribution in [1.29, 1.82) is 0 Å². The number of anilines is 1. The Balaban J connectivity index is 1.96. The van der Waals surface area contributed by atoms with Crippen LogP contribution in [0.5, 0.6) is 0 Å². The van der Waals surface area contributed by atoms with Gasteiger partial charge in [-0.1, -0.05) is 30.3 Å². The van der Waals surface area contributed by atoms with Crippen LogP contribution >= 0.6 is 11.8 Å². The van der Waals surface area contributed by atoms with E-state index < -0.39 is 28.6 Å². The Hall–Kier alpha value is -1.95. The number of rotatable bonds is 5. The Morgan fingerprint density at radius 2 is 1.77 bits per heavy atom. The Morgan fingerprint density at radius 3 is 2.45 bits per heavy atom. The third-order valence-electron chi connectivity index (χ3n) is 3.01. The van der Waals surface area contributed by atoms with Crippen molar-refractivity contribution >= 4 is 23.4 Å². The standard InChI is InChI=1S/C16H14F3NOS/c1-10(22-9-11-5-3-2-4-6-11)16(21)20-13-8-7-12(17)14(18)15(13)19/h2-8,10H,9H2,1H3,(H,20,21)/t10-/m0/s1. The quantitative estimate of drug-likeness (QED) is 0.827. The van der Waals surface area contributed by atoms with Crippen LogP contribution in [-0.2, 0) is 10.5 Å². The van der Waals surface area contributed by atoms with Gasteiger partial charge in [-0.05, 0) is 24.6 Å². The lowest BCUT2D eigenvalue weighted by Crippen LogP contribution is -2.23. The molecule has 2 nitrogen and oxygen atoms in total. The van der Waals surface area contributed by atoms with Gasteiger partial charge in [-0.15, -0.1) is 11.8 Å². The van der Waals surface area contributed by atoms with Gasteiger partial charge in [0.1, 0.15) is 0 Å². The van der Waals surface area contributed by atoms with Gasteiger partial charge in [0.05, 0.1) is 10.9 Å². The summed E-state index contributed by atoms with van der Waals surface area (Å²) in [6.07, 6.45) is 0. The van der Waals surface area contributed by atoms with E-state index in [1.54, 1.807) is 6.92 Å². The SMILES string of the molecule is C[C@H](SCc1ccccc1)C(=O)Nc1ccc(F)c(F)c1F. The number of carbonyl (C=O) groups is 1. The van der Waals surface area contributed by atoms with Gasteiger partial charge in [0.2, 0.25) is 5.91 Å². The van der Waals surface area contributed by atoms with Crippen molar-refractivity contribution in [2.45, 2.75) is 17.9 Å². The zero-order valence-corrected chi connectivity index (χ0v) is 12.6. The monoisotopic (exact) mass is 325 g/mol. The molecular weight excluding hydrogens is 311 g/mol. The van der Waals surface area contributed by atoms with Gasteiger partial charge in [-0.2, -0.15) is 0 Å². The lowest BCUT2D eigenvalue weighted by Gasteiger charge is -2.13. The lowest BCUT2D eigenvalue weighted by molar-refractivity contribution is -0.115. The maximum atomic E-state index is 13.5. The first-order valence-corrected chi connectivity index (χ1v) is 7.64. The fourth-order valence-corrected chi connectivity index (χ4v) is 2.57. The van der Waals surface area contributed by atoms with Crippen LogP contribution in [0.3, 0.4) is 0 Å². The van der Waals surface area contributed by atoms with Gasteiger partial charge in [-0.3, -0.25) is 4.79 Å². The summed E-state index contributed by atoms with van der Waals surface area (Å²) in [6, 6.07) is 11.3. The molecule has 22 heavy (non-hydrogen) atoms. The molecule has 0 aliphatic carbocycles. The van der Waals surface area contributed by atoms with E-state index in [-0.39, 0.29) is 5.69 Å². The highest BCUT2D eigenvalue weighted by Gasteiger charge is 2.18. The first-order valence-electron chi connectivity index (χ1n) is 6.59. The van der Waals surface area contributed by atoms with Crippen molar-refractivity contribution in [3.05, 3.63) is 65.5 Å². The molecule has 2 rings (SSSR count). The molecule has 1 N–H and O–H groups in total. The molecule has 0 saturated heterocycles. The zero-order chi connectivity index (χ0) is 16.1. The van der Waals surface area contributed by atoms with Crippen molar-refractivity contribution in [1.82, 2.24) is 0 Å². The smallest absolute Gasteiger partial charge is 0.237 e. The number of halogens is 3. The van der Waals surface area contributed by atoms with Gasteiger partial charge >= 0.3 is 0 Å². The topological polar surface area (TPSA) is 29.1 Å². The molecule has 2 aromatic rings.